The summed E-state index contributed by atoms with van der Waals surface area (Å²) in [4.78, 5) is 11.8. The molecular weight excluding hydrogens is 216 g/mol. The normalized spacial score (nSPS) is 10.1. The highest BCUT2D eigenvalue weighted by molar-refractivity contribution is 5.59. The molecule has 1 aromatic carbocycles. The lowest BCUT2D eigenvalue weighted by atomic mass is 10.1. The third-order valence-electron chi connectivity index (χ3n) is 2.41. The molecule has 0 amide bonds. The summed E-state index contributed by atoms with van der Waals surface area (Å²) in [6.45, 7) is 4.01. The molecule has 0 spiro atoms. The largest absolute Gasteiger partial charge is 0.496 e. The third-order valence-corrected chi connectivity index (χ3v) is 2.41. The molecule has 0 saturated carbocycles. The molecule has 0 aliphatic carbocycles. The zero-order valence-corrected chi connectivity index (χ0v) is 10.1. The molecule has 0 atom stereocenters. The van der Waals surface area contributed by atoms with Crippen molar-refractivity contribution < 1.29 is 4.74 Å². The second-order valence-corrected chi connectivity index (χ2v) is 3.73. The predicted molar refractivity (Wildman–Crippen MR) is 65.6 cm³/mol. The Kier molecular flexibility index (Phi) is 3.18. The molecule has 0 unspecified atom stereocenters. The van der Waals surface area contributed by atoms with Gasteiger partial charge in [0.2, 0.25) is 5.95 Å². The molecule has 0 bridgehead atoms. The molecule has 88 valence electrons. The lowest BCUT2D eigenvalue weighted by Crippen LogP contribution is -1.99. The number of ether oxygens (including phenoxy) is 1. The van der Waals surface area contributed by atoms with Crippen LogP contribution in [-0.4, -0.2) is 22.1 Å². The molecule has 1 aromatic heterocycles. The van der Waals surface area contributed by atoms with Gasteiger partial charge in [0.25, 0.3) is 0 Å². The number of anilines is 2. The van der Waals surface area contributed by atoms with Crippen molar-refractivity contribution in [3.05, 3.63) is 35.9 Å². The van der Waals surface area contributed by atoms with Crippen LogP contribution in [0.1, 0.15) is 11.1 Å². The van der Waals surface area contributed by atoms with Gasteiger partial charge in [0.05, 0.1) is 7.11 Å². The summed E-state index contributed by atoms with van der Waals surface area (Å²) >= 11 is 0. The van der Waals surface area contributed by atoms with Gasteiger partial charge in [-0.25, -0.2) is 15.0 Å². The molecule has 5 heteroatoms. The van der Waals surface area contributed by atoms with Gasteiger partial charge in [-0.1, -0.05) is 0 Å². The van der Waals surface area contributed by atoms with E-state index in [1.807, 2.05) is 26.0 Å². The van der Waals surface area contributed by atoms with Crippen molar-refractivity contribution in [1.29, 1.82) is 0 Å². The van der Waals surface area contributed by atoms with Crippen LogP contribution in [0.2, 0.25) is 0 Å². The Morgan fingerprint density at radius 1 is 1.06 bits per heavy atom. The van der Waals surface area contributed by atoms with Crippen molar-refractivity contribution >= 4 is 11.6 Å². The van der Waals surface area contributed by atoms with E-state index in [0.717, 1.165) is 22.6 Å². The predicted octanol–water partition coefficient (Wildman–Crippen LogP) is 2.24. The molecule has 1 heterocycles. The van der Waals surface area contributed by atoms with Crippen molar-refractivity contribution in [1.82, 2.24) is 15.0 Å². The summed E-state index contributed by atoms with van der Waals surface area (Å²) in [6, 6.07) is 3.99. The van der Waals surface area contributed by atoms with E-state index in [4.69, 9.17) is 4.74 Å². The lowest BCUT2D eigenvalue weighted by molar-refractivity contribution is 0.408. The van der Waals surface area contributed by atoms with Crippen LogP contribution in [0.3, 0.4) is 0 Å². The molecule has 5 nitrogen and oxygen atoms in total. The van der Waals surface area contributed by atoms with Gasteiger partial charge in [-0.05, 0) is 37.1 Å². The van der Waals surface area contributed by atoms with Gasteiger partial charge in [0.1, 0.15) is 18.4 Å². The molecule has 2 rings (SSSR count). The van der Waals surface area contributed by atoms with Crippen LogP contribution >= 0.6 is 0 Å². The number of benzene rings is 1. The summed E-state index contributed by atoms with van der Waals surface area (Å²) in [7, 11) is 1.68. The SMILES string of the molecule is COc1c(C)cc(Nc2ncncn2)cc1C. The minimum absolute atomic E-state index is 0.531. The van der Waals surface area contributed by atoms with E-state index in [9.17, 15) is 0 Å². The van der Waals surface area contributed by atoms with E-state index >= 15 is 0 Å². The fourth-order valence-electron chi connectivity index (χ4n) is 1.78. The third kappa shape index (κ3) is 2.50. The first-order valence-corrected chi connectivity index (χ1v) is 5.25. The number of nitrogens with one attached hydrogen (secondary N) is 1. The Morgan fingerprint density at radius 2 is 1.65 bits per heavy atom. The van der Waals surface area contributed by atoms with E-state index < -0.39 is 0 Å². The maximum Gasteiger partial charge on any atom is 0.230 e. The number of methoxy groups -OCH3 is 1. The highest BCUT2D eigenvalue weighted by Crippen LogP contribution is 2.27. The zero-order chi connectivity index (χ0) is 12.3. The Balaban J connectivity index is 2.29. The minimum Gasteiger partial charge on any atom is -0.496 e. The second kappa shape index (κ2) is 4.78. The summed E-state index contributed by atoms with van der Waals surface area (Å²) in [5.41, 5.74) is 3.08. The zero-order valence-electron chi connectivity index (χ0n) is 10.1. The quantitative estimate of drug-likeness (QED) is 0.876. The smallest absolute Gasteiger partial charge is 0.230 e. The van der Waals surface area contributed by atoms with Crippen molar-refractivity contribution in [2.75, 3.05) is 12.4 Å². The average molecular weight is 230 g/mol. The molecule has 2 aromatic rings. The van der Waals surface area contributed by atoms with Gasteiger partial charge in [0, 0.05) is 5.69 Å². The number of rotatable bonds is 3. The molecule has 0 radical (unpaired) electrons. The Labute approximate surface area is 99.9 Å². The molecule has 1 N–H and O–H groups in total. The number of aryl methyl sites for hydroxylation is 2. The number of hydrogen-bond acceptors (Lipinski definition) is 5. The van der Waals surface area contributed by atoms with E-state index in [1.54, 1.807) is 7.11 Å². The fourth-order valence-corrected chi connectivity index (χ4v) is 1.78. The van der Waals surface area contributed by atoms with Crippen molar-refractivity contribution in [3.63, 3.8) is 0 Å². The van der Waals surface area contributed by atoms with E-state index in [-0.39, 0.29) is 0 Å². The van der Waals surface area contributed by atoms with E-state index in [2.05, 4.69) is 20.3 Å². The van der Waals surface area contributed by atoms with Crippen LogP contribution < -0.4 is 10.1 Å². The topological polar surface area (TPSA) is 59.9 Å². The molecule has 0 aliphatic rings. The number of nitrogens with zero attached hydrogens (tertiary/aromatic N) is 3. The van der Waals surface area contributed by atoms with Gasteiger partial charge in [0.15, 0.2) is 0 Å². The molecule has 0 aliphatic heterocycles. The van der Waals surface area contributed by atoms with Crippen LogP contribution in [0.4, 0.5) is 11.6 Å². The lowest BCUT2D eigenvalue weighted by Gasteiger charge is -2.11. The molecular formula is C12H14N4O. The first-order chi connectivity index (χ1) is 8.20. The van der Waals surface area contributed by atoms with Crippen LogP contribution in [0.5, 0.6) is 5.75 Å². The van der Waals surface area contributed by atoms with Gasteiger partial charge < -0.3 is 10.1 Å². The first kappa shape index (κ1) is 11.3. The van der Waals surface area contributed by atoms with Gasteiger partial charge in [-0.15, -0.1) is 0 Å². The molecule has 0 saturated heterocycles. The highest BCUT2D eigenvalue weighted by Gasteiger charge is 2.05. The Bertz CT molecular complexity index is 490. The summed E-state index contributed by atoms with van der Waals surface area (Å²) in [5, 5.41) is 3.12. The Hall–Kier alpha value is -2.17. The van der Waals surface area contributed by atoms with Gasteiger partial charge in [-0.3, -0.25) is 0 Å². The van der Waals surface area contributed by atoms with Gasteiger partial charge >= 0.3 is 0 Å². The van der Waals surface area contributed by atoms with Crippen LogP contribution in [0, 0.1) is 13.8 Å². The second-order valence-electron chi connectivity index (χ2n) is 3.73. The van der Waals surface area contributed by atoms with E-state index in [0.29, 0.717) is 5.95 Å². The highest BCUT2D eigenvalue weighted by atomic mass is 16.5. The van der Waals surface area contributed by atoms with Crippen molar-refractivity contribution in [2.45, 2.75) is 13.8 Å². The maximum absolute atomic E-state index is 5.31. The first-order valence-electron chi connectivity index (χ1n) is 5.25. The molecule has 0 fully saturated rings. The number of aromatic nitrogens is 3. The maximum atomic E-state index is 5.31. The summed E-state index contributed by atoms with van der Waals surface area (Å²) in [6.07, 6.45) is 2.91. The van der Waals surface area contributed by atoms with Crippen LogP contribution in [0.25, 0.3) is 0 Å². The van der Waals surface area contributed by atoms with Crippen molar-refractivity contribution in [3.8, 4) is 5.75 Å². The average Bonchev–Trinajstić information content (AvgIpc) is 2.30. The molecule has 17 heavy (non-hydrogen) atoms. The van der Waals surface area contributed by atoms with Crippen molar-refractivity contribution in [2.24, 2.45) is 0 Å². The monoisotopic (exact) mass is 230 g/mol. The van der Waals surface area contributed by atoms with Crippen LogP contribution in [0.15, 0.2) is 24.8 Å². The Morgan fingerprint density at radius 3 is 2.18 bits per heavy atom. The van der Waals surface area contributed by atoms with Crippen LogP contribution in [-0.2, 0) is 0 Å². The van der Waals surface area contributed by atoms with E-state index in [1.165, 1.54) is 12.7 Å². The van der Waals surface area contributed by atoms with Gasteiger partial charge in [-0.2, -0.15) is 0 Å². The standard InChI is InChI=1S/C12H14N4O/c1-8-4-10(5-9(2)11(8)17-3)16-12-14-6-13-7-15-12/h4-7H,1-3H3,(H,13,14,15,16). The number of hydrogen-bond donors (Lipinski definition) is 1. The minimum atomic E-state index is 0.531. The summed E-state index contributed by atoms with van der Waals surface area (Å²) in [5.74, 6) is 1.44. The fraction of sp³-hybridized carbons (Fsp3) is 0.250. The summed E-state index contributed by atoms with van der Waals surface area (Å²) < 4.78 is 5.31.